The fourth-order valence-electron chi connectivity index (χ4n) is 3.57. The molecular formula is C22H24N6O2. The molecule has 4 rings (SSSR count). The molecule has 8 heteroatoms. The number of pyridine rings is 1. The quantitative estimate of drug-likeness (QED) is 0.552. The van der Waals surface area contributed by atoms with Gasteiger partial charge in [-0.2, -0.15) is 10.2 Å². The fourth-order valence-corrected chi connectivity index (χ4v) is 3.57. The summed E-state index contributed by atoms with van der Waals surface area (Å²) in [4.78, 5) is 18.1. The third-order valence-electron chi connectivity index (χ3n) is 5.10. The molecule has 0 fully saturated rings. The van der Waals surface area contributed by atoms with Crippen LogP contribution in [0.5, 0.6) is 5.75 Å². The standard InChI is InChI=1S/C22H24N6O2/c1-13(18-9-10-27(3)26-18)23-22(29)17-12-19(15-7-6-8-16(11-15)30-5)24-21-20(17)14(2)25-28(21)4/h6-13H,1-5H3,(H,23,29). The molecular weight excluding hydrogens is 380 g/mol. The maximum atomic E-state index is 13.3. The van der Waals surface area contributed by atoms with Gasteiger partial charge in [0.25, 0.3) is 5.91 Å². The van der Waals surface area contributed by atoms with Crippen molar-refractivity contribution in [2.75, 3.05) is 7.11 Å². The van der Waals surface area contributed by atoms with E-state index in [0.717, 1.165) is 28.1 Å². The summed E-state index contributed by atoms with van der Waals surface area (Å²) in [7, 11) is 5.30. The average molecular weight is 404 g/mol. The zero-order valence-electron chi connectivity index (χ0n) is 17.7. The number of nitrogens with one attached hydrogen (secondary N) is 1. The molecule has 30 heavy (non-hydrogen) atoms. The number of amides is 1. The highest BCUT2D eigenvalue weighted by Crippen LogP contribution is 2.29. The molecule has 0 radical (unpaired) electrons. The van der Waals surface area contributed by atoms with Gasteiger partial charge in [0, 0.05) is 25.9 Å². The summed E-state index contributed by atoms with van der Waals surface area (Å²) in [6, 6.07) is 11.1. The van der Waals surface area contributed by atoms with Crippen LogP contribution in [-0.2, 0) is 14.1 Å². The predicted octanol–water partition coefficient (Wildman–Crippen LogP) is 3.18. The van der Waals surface area contributed by atoms with E-state index in [1.165, 1.54) is 0 Å². The Balaban J connectivity index is 1.80. The van der Waals surface area contributed by atoms with Gasteiger partial charge in [0.15, 0.2) is 5.65 Å². The number of fused-ring (bicyclic) bond motifs is 1. The number of ether oxygens (including phenoxy) is 1. The second-order valence-electron chi connectivity index (χ2n) is 7.30. The Morgan fingerprint density at radius 3 is 2.67 bits per heavy atom. The molecule has 0 bridgehead atoms. The molecule has 0 aliphatic rings. The van der Waals surface area contributed by atoms with E-state index in [1.54, 1.807) is 16.5 Å². The number of carbonyl (C=O) groups is 1. The number of aromatic nitrogens is 5. The minimum atomic E-state index is -0.237. The number of nitrogens with zero attached hydrogens (tertiary/aromatic N) is 5. The minimum absolute atomic E-state index is 0.194. The van der Waals surface area contributed by atoms with E-state index in [0.29, 0.717) is 16.9 Å². The largest absolute Gasteiger partial charge is 0.497 e. The second kappa shape index (κ2) is 7.62. The summed E-state index contributed by atoms with van der Waals surface area (Å²) in [5.74, 6) is 0.533. The van der Waals surface area contributed by atoms with Crippen molar-refractivity contribution in [2.24, 2.45) is 14.1 Å². The molecule has 8 nitrogen and oxygen atoms in total. The number of carbonyl (C=O) groups excluding carboxylic acids is 1. The number of hydrogen-bond donors (Lipinski definition) is 1. The molecule has 3 aromatic heterocycles. The molecule has 0 saturated heterocycles. The molecule has 1 N–H and O–H groups in total. The van der Waals surface area contributed by atoms with E-state index >= 15 is 0 Å². The van der Waals surface area contributed by atoms with Crippen molar-refractivity contribution in [1.29, 1.82) is 0 Å². The average Bonchev–Trinajstić information content (AvgIpc) is 3.30. The number of rotatable bonds is 5. The molecule has 1 aromatic carbocycles. The molecule has 1 amide bonds. The smallest absolute Gasteiger partial charge is 0.252 e. The van der Waals surface area contributed by atoms with Crippen molar-refractivity contribution in [3.8, 4) is 17.0 Å². The zero-order valence-corrected chi connectivity index (χ0v) is 17.7. The lowest BCUT2D eigenvalue weighted by Gasteiger charge is -2.14. The van der Waals surface area contributed by atoms with Crippen molar-refractivity contribution in [3.05, 3.63) is 59.5 Å². The molecule has 3 heterocycles. The molecule has 154 valence electrons. The number of benzene rings is 1. The van der Waals surface area contributed by atoms with Crippen LogP contribution in [0.1, 0.15) is 34.7 Å². The van der Waals surface area contributed by atoms with Gasteiger partial charge in [-0.25, -0.2) is 4.98 Å². The summed E-state index contributed by atoms with van der Waals surface area (Å²) >= 11 is 0. The van der Waals surface area contributed by atoms with Crippen molar-refractivity contribution in [3.63, 3.8) is 0 Å². The third kappa shape index (κ3) is 3.52. The molecule has 0 aliphatic heterocycles. The predicted molar refractivity (Wildman–Crippen MR) is 114 cm³/mol. The van der Waals surface area contributed by atoms with Crippen LogP contribution in [0.3, 0.4) is 0 Å². The minimum Gasteiger partial charge on any atom is -0.497 e. The van der Waals surface area contributed by atoms with Gasteiger partial charge in [-0.1, -0.05) is 12.1 Å². The van der Waals surface area contributed by atoms with Gasteiger partial charge in [-0.15, -0.1) is 0 Å². The van der Waals surface area contributed by atoms with Gasteiger partial charge in [-0.3, -0.25) is 14.2 Å². The molecule has 4 aromatic rings. The van der Waals surface area contributed by atoms with Crippen LogP contribution in [0.4, 0.5) is 0 Å². The second-order valence-corrected chi connectivity index (χ2v) is 7.30. The Morgan fingerprint density at radius 2 is 1.97 bits per heavy atom. The monoisotopic (exact) mass is 404 g/mol. The molecule has 1 atom stereocenters. The Kier molecular flexibility index (Phi) is 4.99. The first-order chi connectivity index (χ1) is 14.4. The van der Waals surface area contributed by atoms with Crippen LogP contribution in [-0.4, -0.2) is 37.6 Å². The van der Waals surface area contributed by atoms with Crippen molar-refractivity contribution in [2.45, 2.75) is 19.9 Å². The normalized spacial score (nSPS) is 12.2. The Labute approximate surface area is 174 Å². The van der Waals surface area contributed by atoms with Gasteiger partial charge in [0.2, 0.25) is 0 Å². The van der Waals surface area contributed by atoms with Crippen molar-refractivity contribution in [1.82, 2.24) is 29.9 Å². The van der Waals surface area contributed by atoms with Gasteiger partial charge in [0.05, 0.1) is 41.2 Å². The molecule has 0 aliphatic carbocycles. The fraction of sp³-hybridized carbons (Fsp3) is 0.273. The molecule has 1 unspecified atom stereocenters. The van der Waals surface area contributed by atoms with Crippen LogP contribution in [0, 0.1) is 6.92 Å². The van der Waals surface area contributed by atoms with E-state index in [1.807, 2.05) is 70.5 Å². The van der Waals surface area contributed by atoms with E-state index in [-0.39, 0.29) is 11.9 Å². The first-order valence-electron chi connectivity index (χ1n) is 9.66. The van der Waals surface area contributed by atoms with E-state index in [4.69, 9.17) is 9.72 Å². The first-order valence-corrected chi connectivity index (χ1v) is 9.66. The van der Waals surface area contributed by atoms with Crippen LogP contribution in [0.15, 0.2) is 42.6 Å². The van der Waals surface area contributed by atoms with Crippen LogP contribution >= 0.6 is 0 Å². The molecule has 0 spiro atoms. The number of aryl methyl sites for hydroxylation is 3. The van der Waals surface area contributed by atoms with Crippen molar-refractivity contribution >= 4 is 16.9 Å². The lowest BCUT2D eigenvalue weighted by molar-refractivity contribution is 0.0940. The SMILES string of the molecule is COc1cccc(-c2cc(C(=O)NC(C)c3ccn(C)n3)c3c(C)nn(C)c3n2)c1. The van der Waals surface area contributed by atoms with Crippen LogP contribution in [0.25, 0.3) is 22.3 Å². The summed E-state index contributed by atoms with van der Waals surface area (Å²) in [6.07, 6.45) is 1.86. The Hall–Kier alpha value is -3.68. The number of methoxy groups -OCH3 is 1. The lowest BCUT2D eigenvalue weighted by Crippen LogP contribution is -2.27. The van der Waals surface area contributed by atoms with Gasteiger partial charge in [-0.05, 0) is 38.1 Å². The Bertz CT molecular complexity index is 1240. The lowest BCUT2D eigenvalue weighted by atomic mass is 10.0. The van der Waals surface area contributed by atoms with Gasteiger partial charge >= 0.3 is 0 Å². The van der Waals surface area contributed by atoms with Gasteiger partial charge in [0.1, 0.15) is 5.75 Å². The Morgan fingerprint density at radius 1 is 1.17 bits per heavy atom. The topological polar surface area (TPSA) is 86.9 Å². The maximum absolute atomic E-state index is 13.3. The highest BCUT2D eigenvalue weighted by atomic mass is 16.5. The van der Waals surface area contributed by atoms with E-state index in [2.05, 4.69) is 15.5 Å². The highest BCUT2D eigenvalue weighted by Gasteiger charge is 2.21. The van der Waals surface area contributed by atoms with Gasteiger partial charge < -0.3 is 10.1 Å². The summed E-state index contributed by atoms with van der Waals surface area (Å²) in [5, 5.41) is 12.7. The molecule has 0 saturated carbocycles. The zero-order chi connectivity index (χ0) is 21.4. The van der Waals surface area contributed by atoms with E-state index in [9.17, 15) is 4.79 Å². The van der Waals surface area contributed by atoms with E-state index < -0.39 is 0 Å². The van der Waals surface area contributed by atoms with Crippen LogP contribution in [0.2, 0.25) is 0 Å². The summed E-state index contributed by atoms with van der Waals surface area (Å²) in [5.41, 5.74) is 4.29. The highest BCUT2D eigenvalue weighted by molar-refractivity contribution is 6.07. The summed E-state index contributed by atoms with van der Waals surface area (Å²) in [6.45, 7) is 3.80. The van der Waals surface area contributed by atoms with Crippen molar-refractivity contribution < 1.29 is 9.53 Å². The first kappa shape index (κ1) is 19.6. The number of hydrogen-bond acceptors (Lipinski definition) is 5. The third-order valence-corrected chi connectivity index (χ3v) is 5.10. The maximum Gasteiger partial charge on any atom is 0.252 e. The summed E-state index contributed by atoms with van der Waals surface area (Å²) < 4.78 is 8.76. The van der Waals surface area contributed by atoms with Crippen LogP contribution < -0.4 is 10.1 Å².